The summed E-state index contributed by atoms with van der Waals surface area (Å²) in [4.78, 5) is 21.9. The zero-order chi connectivity index (χ0) is 12.9. The van der Waals surface area contributed by atoms with Crippen molar-refractivity contribution >= 4 is 11.7 Å². The molecule has 0 aliphatic rings. The molecule has 0 bridgehead atoms. The van der Waals surface area contributed by atoms with E-state index in [0.29, 0.717) is 19.4 Å². The molecule has 0 saturated heterocycles. The van der Waals surface area contributed by atoms with Crippen molar-refractivity contribution in [1.82, 2.24) is 5.32 Å². The van der Waals surface area contributed by atoms with Crippen molar-refractivity contribution in [3.63, 3.8) is 0 Å². The third-order valence-electron chi connectivity index (χ3n) is 2.35. The molecule has 0 rings (SSSR count). The van der Waals surface area contributed by atoms with E-state index in [1.54, 1.807) is 0 Å². The number of unbranched alkanes of at least 4 members (excludes halogenated alkanes) is 3. The van der Waals surface area contributed by atoms with Gasteiger partial charge in [-0.3, -0.25) is 9.59 Å². The summed E-state index contributed by atoms with van der Waals surface area (Å²) in [5.41, 5.74) is 0. The second-order valence-electron chi connectivity index (χ2n) is 4.27. The van der Waals surface area contributed by atoms with Gasteiger partial charge in [-0.2, -0.15) is 0 Å². The van der Waals surface area contributed by atoms with Gasteiger partial charge in [0, 0.05) is 19.6 Å². The summed E-state index contributed by atoms with van der Waals surface area (Å²) >= 11 is 0. The Morgan fingerprint density at radius 1 is 1.12 bits per heavy atom. The first kappa shape index (κ1) is 16.1. The molecular formula is C13H25NO3. The minimum atomic E-state index is 0.0189. The summed E-state index contributed by atoms with van der Waals surface area (Å²) in [6, 6.07) is 0. The molecule has 0 aromatic heterocycles. The fraction of sp³-hybridized carbons (Fsp3) is 0.846. The summed E-state index contributed by atoms with van der Waals surface area (Å²) in [6.07, 6.45) is 5.83. The van der Waals surface area contributed by atoms with Crippen LogP contribution >= 0.6 is 0 Å². The zero-order valence-electron chi connectivity index (χ0n) is 11.1. The summed E-state index contributed by atoms with van der Waals surface area (Å²) < 4.78 is 5.07. The SMILES string of the molecule is CCCCCCNC(=O)CCCOCC(C)=O. The summed E-state index contributed by atoms with van der Waals surface area (Å²) in [5.74, 6) is 0.0956. The van der Waals surface area contributed by atoms with Crippen molar-refractivity contribution in [2.45, 2.75) is 52.4 Å². The lowest BCUT2D eigenvalue weighted by Gasteiger charge is -2.05. The number of carbonyl (C=O) groups is 2. The molecule has 0 atom stereocenters. The zero-order valence-corrected chi connectivity index (χ0v) is 11.1. The Hall–Kier alpha value is -0.900. The van der Waals surface area contributed by atoms with Crippen LogP contribution in [0, 0.1) is 0 Å². The molecule has 0 heterocycles. The monoisotopic (exact) mass is 243 g/mol. The van der Waals surface area contributed by atoms with Gasteiger partial charge in [0.25, 0.3) is 0 Å². The van der Waals surface area contributed by atoms with Gasteiger partial charge in [-0.15, -0.1) is 0 Å². The van der Waals surface area contributed by atoms with Crippen LogP contribution in [0.4, 0.5) is 0 Å². The quantitative estimate of drug-likeness (QED) is 0.565. The van der Waals surface area contributed by atoms with Crippen molar-refractivity contribution in [3.8, 4) is 0 Å². The minimum absolute atomic E-state index is 0.0189. The second-order valence-corrected chi connectivity index (χ2v) is 4.27. The molecule has 0 radical (unpaired) electrons. The van der Waals surface area contributed by atoms with Gasteiger partial charge >= 0.3 is 0 Å². The van der Waals surface area contributed by atoms with Crippen LogP contribution in [0.15, 0.2) is 0 Å². The summed E-state index contributed by atoms with van der Waals surface area (Å²) in [6.45, 7) is 5.05. The molecule has 1 N–H and O–H groups in total. The van der Waals surface area contributed by atoms with Crippen LogP contribution < -0.4 is 5.32 Å². The minimum Gasteiger partial charge on any atom is -0.374 e. The Morgan fingerprint density at radius 3 is 2.53 bits per heavy atom. The fourth-order valence-corrected chi connectivity index (χ4v) is 1.42. The van der Waals surface area contributed by atoms with Gasteiger partial charge in [-0.05, 0) is 19.8 Å². The Kier molecular flexibility index (Phi) is 11.0. The number of amides is 1. The van der Waals surface area contributed by atoms with Gasteiger partial charge in [0.1, 0.15) is 6.61 Å². The number of hydrogen-bond acceptors (Lipinski definition) is 3. The van der Waals surface area contributed by atoms with Gasteiger partial charge in [0.15, 0.2) is 5.78 Å². The molecule has 0 aliphatic carbocycles. The summed E-state index contributed by atoms with van der Waals surface area (Å²) in [5, 5.41) is 2.88. The van der Waals surface area contributed by atoms with E-state index < -0.39 is 0 Å². The normalized spacial score (nSPS) is 10.2. The Balaban J connectivity index is 3.20. The smallest absolute Gasteiger partial charge is 0.220 e. The third kappa shape index (κ3) is 13.0. The van der Waals surface area contributed by atoms with E-state index in [1.165, 1.54) is 26.2 Å². The fourth-order valence-electron chi connectivity index (χ4n) is 1.42. The lowest BCUT2D eigenvalue weighted by atomic mass is 10.2. The van der Waals surface area contributed by atoms with E-state index in [-0.39, 0.29) is 18.3 Å². The highest BCUT2D eigenvalue weighted by Gasteiger charge is 2.00. The molecule has 0 fully saturated rings. The molecule has 1 amide bonds. The van der Waals surface area contributed by atoms with E-state index >= 15 is 0 Å². The van der Waals surface area contributed by atoms with Crippen LogP contribution in [0.1, 0.15) is 52.4 Å². The maximum atomic E-state index is 11.3. The maximum Gasteiger partial charge on any atom is 0.220 e. The lowest BCUT2D eigenvalue weighted by molar-refractivity contribution is -0.122. The first-order valence-electron chi connectivity index (χ1n) is 6.50. The van der Waals surface area contributed by atoms with Gasteiger partial charge in [0.05, 0.1) is 0 Å². The van der Waals surface area contributed by atoms with Crippen molar-refractivity contribution in [3.05, 3.63) is 0 Å². The van der Waals surface area contributed by atoms with E-state index in [9.17, 15) is 9.59 Å². The van der Waals surface area contributed by atoms with Crippen molar-refractivity contribution in [1.29, 1.82) is 0 Å². The van der Waals surface area contributed by atoms with E-state index in [4.69, 9.17) is 4.74 Å². The van der Waals surface area contributed by atoms with Crippen molar-refractivity contribution in [2.75, 3.05) is 19.8 Å². The first-order valence-corrected chi connectivity index (χ1v) is 6.50. The molecule has 0 spiro atoms. The molecule has 0 aromatic carbocycles. The van der Waals surface area contributed by atoms with E-state index in [2.05, 4.69) is 12.2 Å². The first-order chi connectivity index (χ1) is 8.16. The van der Waals surface area contributed by atoms with Crippen LogP contribution in [0.5, 0.6) is 0 Å². The third-order valence-corrected chi connectivity index (χ3v) is 2.35. The Labute approximate surface area is 104 Å². The average Bonchev–Trinajstić information content (AvgIpc) is 2.28. The van der Waals surface area contributed by atoms with Crippen molar-refractivity contribution in [2.24, 2.45) is 0 Å². The van der Waals surface area contributed by atoms with Crippen LogP contribution in [0.2, 0.25) is 0 Å². The van der Waals surface area contributed by atoms with Gasteiger partial charge in [-0.1, -0.05) is 26.2 Å². The largest absolute Gasteiger partial charge is 0.374 e. The predicted molar refractivity (Wildman–Crippen MR) is 67.9 cm³/mol. The topological polar surface area (TPSA) is 55.4 Å². The molecule has 4 heteroatoms. The molecule has 17 heavy (non-hydrogen) atoms. The molecule has 0 aliphatic heterocycles. The van der Waals surface area contributed by atoms with Gasteiger partial charge < -0.3 is 10.1 Å². The predicted octanol–water partition coefficient (Wildman–Crippen LogP) is 2.07. The van der Waals surface area contributed by atoms with Crippen LogP contribution in [-0.4, -0.2) is 31.4 Å². The molecule has 0 unspecified atom stereocenters. The molecular weight excluding hydrogens is 218 g/mol. The summed E-state index contributed by atoms with van der Waals surface area (Å²) in [7, 11) is 0. The molecule has 0 saturated carbocycles. The average molecular weight is 243 g/mol. The maximum absolute atomic E-state index is 11.3. The second kappa shape index (κ2) is 11.6. The highest BCUT2D eigenvalue weighted by molar-refractivity contribution is 5.76. The van der Waals surface area contributed by atoms with Crippen molar-refractivity contribution < 1.29 is 14.3 Å². The van der Waals surface area contributed by atoms with Crippen LogP contribution in [0.3, 0.4) is 0 Å². The highest BCUT2D eigenvalue weighted by atomic mass is 16.5. The van der Waals surface area contributed by atoms with Gasteiger partial charge in [0.2, 0.25) is 5.91 Å². The molecule has 100 valence electrons. The number of hydrogen-bond donors (Lipinski definition) is 1. The van der Waals surface area contributed by atoms with Crippen LogP contribution in [0.25, 0.3) is 0 Å². The Bertz CT molecular complexity index is 217. The number of rotatable bonds is 11. The number of Topliss-reactive ketones (excluding diaryl/α,β-unsaturated/α-hetero) is 1. The molecule has 4 nitrogen and oxygen atoms in total. The number of carbonyl (C=O) groups excluding carboxylic acids is 2. The standard InChI is InChI=1S/C13H25NO3/c1-3-4-5-6-9-14-13(16)8-7-10-17-11-12(2)15/h3-11H2,1-2H3,(H,14,16). The highest BCUT2D eigenvalue weighted by Crippen LogP contribution is 1.97. The molecule has 0 aromatic rings. The van der Waals surface area contributed by atoms with Gasteiger partial charge in [-0.25, -0.2) is 0 Å². The number of ether oxygens (including phenoxy) is 1. The number of ketones is 1. The Morgan fingerprint density at radius 2 is 1.88 bits per heavy atom. The van der Waals surface area contributed by atoms with Crippen LogP contribution in [-0.2, 0) is 14.3 Å². The van der Waals surface area contributed by atoms with E-state index in [1.807, 2.05) is 0 Å². The lowest BCUT2D eigenvalue weighted by Crippen LogP contribution is -2.24. The van der Waals surface area contributed by atoms with E-state index in [0.717, 1.165) is 13.0 Å². The number of nitrogens with one attached hydrogen (secondary N) is 1.